The van der Waals surface area contributed by atoms with Gasteiger partial charge in [-0.15, -0.1) is 6.42 Å². The van der Waals surface area contributed by atoms with Crippen molar-refractivity contribution in [1.29, 1.82) is 0 Å². The lowest BCUT2D eigenvalue weighted by Gasteiger charge is -2.06. The molecule has 2 rings (SSSR count). The summed E-state index contributed by atoms with van der Waals surface area (Å²) >= 11 is 6.12. The van der Waals surface area contributed by atoms with E-state index >= 15 is 0 Å². The Labute approximate surface area is 94.5 Å². The minimum atomic E-state index is 0.722. The van der Waals surface area contributed by atoms with Gasteiger partial charge in [0.1, 0.15) is 0 Å². The highest BCUT2D eigenvalue weighted by molar-refractivity contribution is 6.33. The molecule has 0 fully saturated rings. The number of hydrogen-bond donors (Lipinski definition) is 0. The molecule has 0 amide bonds. The van der Waals surface area contributed by atoms with Gasteiger partial charge in [0, 0.05) is 16.1 Å². The molecule has 0 aliphatic carbocycles. The Morgan fingerprint density at radius 2 is 1.47 bits per heavy atom. The molecule has 2 aromatic rings. The summed E-state index contributed by atoms with van der Waals surface area (Å²) in [6.45, 7) is 0. The van der Waals surface area contributed by atoms with Crippen LogP contribution in [0.3, 0.4) is 0 Å². The molecule has 0 aromatic heterocycles. The maximum atomic E-state index is 6.12. The van der Waals surface area contributed by atoms with Crippen LogP contribution in [0, 0.1) is 12.3 Å². The predicted octanol–water partition coefficient (Wildman–Crippen LogP) is 3.99. The number of hydrogen-bond acceptors (Lipinski definition) is 0. The maximum absolute atomic E-state index is 6.12. The summed E-state index contributed by atoms with van der Waals surface area (Å²) in [6.07, 6.45) is 5.44. The fraction of sp³-hybridized carbons (Fsp3) is 0. The molecule has 15 heavy (non-hydrogen) atoms. The number of halogens is 1. The largest absolute Gasteiger partial charge is 0.115 e. The minimum Gasteiger partial charge on any atom is -0.115 e. The van der Waals surface area contributed by atoms with Gasteiger partial charge < -0.3 is 0 Å². The zero-order chi connectivity index (χ0) is 10.7. The van der Waals surface area contributed by atoms with E-state index in [1.165, 1.54) is 0 Å². The molecule has 72 valence electrons. The Morgan fingerprint density at radius 3 is 2.13 bits per heavy atom. The van der Waals surface area contributed by atoms with Gasteiger partial charge in [0.2, 0.25) is 0 Å². The average molecular weight is 213 g/mol. The zero-order valence-electron chi connectivity index (χ0n) is 8.07. The van der Waals surface area contributed by atoms with E-state index in [1.54, 1.807) is 0 Å². The lowest BCUT2D eigenvalue weighted by Crippen LogP contribution is -1.84. The molecule has 0 radical (unpaired) electrons. The van der Waals surface area contributed by atoms with Crippen LogP contribution in [-0.4, -0.2) is 0 Å². The van der Waals surface area contributed by atoms with Gasteiger partial charge in [-0.25, -0.2) is 0 Å². The van der Waals surface area contributed by atoms with Crippen LogP contribution in [-0.2, 0) is 0 Å². The van der Waals surface area contributed by atoms with E-state index in [-0.39, 0.29) is 0 Å². The Bertz CT molecular complexity index is 521. The summed E-state index contributed by atoms with van der Waals surface area (Å²) in [5.74, 6) is 2.66. The summed E-state index contributed by atoms with van der Waals surface area (Å²) in [5.41, 5.74) is 2.85. The molecular weight excluding hydrogens is 204 g/mol. The molecule has 0 saturated carbocycles. The highest BCUT2D eigenvalue weighted by atomic mass is 35.5. The van der Waals surface area contributed by atoms with Gasteiger partial charge in [0.25, 0.3) is 0 Å². The standard InChI is InChI=1S/C14H9Cl/c1-2-11-7-3-4-8-12(11)13-9-5-6-10-14(13)15/h1,3-10H. The van der Waals surface area contributed by atoms with Crippen molar-refractivity contribution in [3.8, 4) is 23.5 Å². The van der Waals surface area contributed by atoms with Crippen molar-refractivity contribution >= 4 is 11.6 Å². The second kappa shape index (κ2) is 4.21. The van der Waals surface area contributed by atoms with Crippen molar-refractivity contribution in [2.75, 3.05) is 0 Å². The van der Waals surface area contributed by atoms with Crippen molar-refractivity contribution < 1.29 is 0 Å². The van der Waals surface area contributed by atoms with E-state index in [0.717, 1.165) is 21.7 Å². The summed E-state index contributed by atoms with van der Waals surface area (Å²) in [5, 5.41) is 0.722. The van der Waals surface area contributed by atoms with Crippen molar-refractivity contribution in [1.82, 2.24) is 0 Å². The van der Waals surface area contributed by atoms with E-state index < -0.39 is 0 Å². The highest BCUT2D eigenvalue weighted by Gasteiger charge is 2.05. The van der Waals surface area contributed by atoms with Crippen molar-refractivity contribution in [3.63, 3.8) is 0 Å². The fourth-order valence-electron chi connectivity index (χ4n) is 1.52. The second-order valence-corrected chi connectivity index (χ2v) is 3.58. The summed E-state index contributed by atoms with van der Waals surface area (Å²) < 4.78 is 0. The summed E-state index contributed by atoms with van der Waals surface area (Å²) in [6, 6.07) is 15.5. The molecule has 0 nitrogen and oxygen atoms in total. The van der Waals surface area contributed by atoms with E-state index in [0.29, 0.717) is 0 Å². The first-order valence-corrected chi connectivity index (χ1v) is 5.01. The smallest absolute Gasteiger partial charge is 0.0484 e. The Hall–Kier alpha value is -1.71. The topological polar surface area (TPSA) is 0 Å². The third-order valence-corrected chi connectivity index (χ3v) is 2.58. The quantitative estimate of drug-likeness (QED) is 0.627. The van der Waals surface area contributed by atoms with Crippen LogP contribution in [0.15, 0.2) is 48.5 Å². The summed E-state index contributed by atoms with van der Waals surface area (Å²) in [7, 11) is 0. The van der Waals surface area contributed by atoms with Gasteiger partial charge >= 0.3 is 0 Å². The predicted molar refractivity (Wildman–Crippen MR) is 64.8 cm³/mol. The molecule has 0 saturated heterocycles. The van der Waals surface area contributed by atoms with Gasteiger partial charge in [-0.05, 0) is 17.7 Å². The van der Waals surface area contributed by atoms with Crippen LogP contribution in [0.25, 0.3) is 11.1 Å². The molecule has 0 unspecified atom stereocenters. The Balaban J connectivity index is 2.65. The molecule has 2 aromatic carbocycles. The first kappa shape index (κ1) is 9.83. The lowest BCUT2D eigenvalue weighted by molar-refractivity contribution is 1.58. The SMILES string of the molecule is C#Cc1ccccc1-c1ccccc1Cl. The summed E-state index contributed by atoms with van der Waals surface area (Å²) in [4.78, 5) is 0. The van der Waals surface area contributed by atoms with Gasteiger partial charge in [-0.2, -0.15) is 0 Å². The molecule has 0 heterocycles. The van der Waals surface area contributed by atoms with Crippen LogP contribution < -0.4 is 0 Å². The third-order valence-electron chi connectivity index (χ3n) is 2.25. The van der Waals surface area contributed by atoms with E-state index in [2.05, 4.69) is 5.92 Å². The lowest BCUT2D eigenvalue weighted by atomic mass is 10.0. The van der Waals surface area contributed by atoms with Crippen LogP contribution in [0.2, 0.25) is 5.02 Å². The Kier molecular flexibility index (Phi) is 2.76. The minimum absolute atomic E-state index is 0.722. The number of rotatable bonds is 1. The maximum Gasteiger partial charge on any atom is 0.0484 e. The Morgan fingerprint density at radius 1 is 0.867 bits per heavy atom. The molecule has 0 atom stereocenters. The van der Waals surface area contributed by atoms with Gasteiger partial charge in [-0.1, -0.05) is 53.9 Å². The fourth-order valence-corrected chi connectivity index (χ4v) is 1.76. The van der Waals surface area contributed by atoms with Crippen molar-refractivity contribution in [3.05, 3.63) is 59.1 Å². The second-order valence-electron chi connectivity index (χ2n) is 3.17. The molecule has 0 spiro atoms. The van der Waals surface area contributed by atoms with Crippen LogP contribution in [0.5, 0.6) is 0 Å². The molecule has 0 N–H and O–H groups in total. The molecule has 0 aliphatic heterocycles. The molecule has 0 bridgehead atoms. The van der Waals surface area contributed by atoms with Crippen LogP contribution >= 0.6 is 11.6 Å². The van der Waals surface area contributed by atoms with Gasteiger partial charge in [0.15, 0.2) is 0 Å². The van der Waals surface area contributed by atoms with E-state index in [1.807, 2.05) is 48.5 Å². The van der Waals surface area contributed by atoms with Crippen LogP contribution in [0.1, 0.15) is 5.56 Å². The van der Waals surface area contributed by atoms with Crippen LogP contribution in [0.4, 0.5) is 0 Å². The molecular formula is C14H9Cl. The van der Waals surface area contributed by atoms with Gasteiger partial charge in [-0.3, -0.25) is 0 Å². The normalized spacial score (nSPS) is 9.60. The van der Waals surface area contributed by atoms with Crippen molar-refractivity contribution in [2.45, 2.75) is 0 Å². The first-order chi connectivity index (χ1) is 7.33. The monoisotopic (exact) mass is 212 g/mol. The first-order valence-electron chi connectivity index (χ1n) is 4.63. The van der Waals surface area contributed by atoms with Gasteiger partial charge in [0.05, 0.1) is 0 Å². The number of benzene rings is 2. The van der Waals surface area contributed by atoms with Crippen molar-refractivity contribution in [2.24, 2.45) is 0 Å². The van der Waals surface area contributed by atoms with E-state index in [9.17, 15) is 0 Å². The number of terminal acetylenes is 1. The molecule has 0 aliphatic rings. The molecule has 1 heteroatoms. The highest BCUT2D eigenvalue weighted by Crippen LogP contribution is 2.29. The zero-order valence-corrected chi connectivity index (χ0v) is 8.83. The average Bonchev–Trinajstić information content (AvgIpc) is 2.30. The van der Waals surface area contributed by atoms with E-state index in [4.69, 9.17) is 18.0 Å². The third kappa shape index (κ3) is 1.88.